The van der Waals surface area contributed by atoms with E-state index in [9.17, 15) is 9.59 Å². The summed E-state index contributed by atoms with van der Waals surface area (Å²) >= 11 is 1.47. The minimum Gasteiger partial charge on any atom is -0.338 e. The van der Waals surface area contributed by atoms with Crippen LogP contribution in [0.25, 0.3) is 10.8 Å². The second-order valence-electron chi connectivity index (χ2n) is 7.08. The van der Waals surface area contributed by atoms with E-state index in [2.05, 4.69) is 4.98 Å². The largest absolute Gasteiger partial charge is 0.338 e. The first-order valence-corrected chi connectivity index (χ1v) is 10.7. The smallest absolute Gasteiger partial charge is 0.256 e. The maximum Gasteiger partial charge on any atom is 0.256 e. The molecule has 1 atom stereocenters. The summed E-state index contributed by atoms with van der Waals surface area (Å²) in [5.41, 5.74) is 1.35. The zero-order valence-electron chi connectivity index (χ0n) is 15.8. The molecule has 0 aliphatic carbocycles. The molecule has 0 unspecified atom stereocenters. The van der Waals surface area contributed by atoms with Crippen molar-refractivity contribution in [1.29, 1.82) is 0 Å². The average molecular weight is 391 g/mol. The highest BCUT2D eigenvalue weighted by atomic mass is 32.2. The number of Topliss-reactive ketones (excluding diaryl/α,β-unsaturated/α-hetero) is 1. The third-order valence-corrected chi connectivity index (χ3v) is 6.02. The number of ketones is 1. The number of amides is 1. The molecule has 5 heteroatoms. The molecule has 1 aromatic heterocycles. The van der Waals surface area contributed by atoms with E-state index in [1.165, 1.54) is 11.8 Å². The van der Waals surface area contributed by atoms with Gasteiger partial charge in [-0.15, -0.1) is 11.8 Å². The fraction of sp³-hybridized carbons (Fsp3) is 0.261. The van der Waals surface area contributed by atoms with Crippen LogP contribution in [0, 0.1) is 5.92 Å². The number of hydrogen-bond donors (Lipinski definition) is 0. The van der Waals surface area contributed by atoms with Crippen molar-refractivity contribution in [3.05, 3.63) is 71.9 Å². The SMILES string of the molecule is CSc1ncccc1C(=O)N1CCC[C@H](C(=O)c2ccc3ccccc3c2)C1. The van der Waals surface area contributed by atoms with Crippen LogP contribution in [0.5, 0.6) is 0 Å². The Morgan fingerprint density at radius 1 is 1.07 bits per heavy atom. The van der Waals surface area contributed by atoms with Gasteiger partial charge in [0.25, 0.3) is 5.91 Å². The second-order valence-corrected chi connectivity index (χ2v) is 7.87. The maximum absolute atomic E-state index is 13.1. The van der Waals surface area contributed by atoms with Crippen LogP contribution in [0.1, 0.15) is 33.6 Å². The summed E-state index contributed by atoms with van der Waals surface area (Å²) in [6, 6.07) is 17.5. The van der Waals surface area contributed by atoms with E-state index in [0.717, 1.165) is 34.2 Å². The predicted molar refractivity (Wildman–Crippen MR) is 113 cm³/mol. The van der Waals surface area contributed by atoms with Crippen LogP contribution in [0.15, 0.2) is 65.8 Å². The molecule has 2 aromatic carbocycles. The number of aromatic nitrogens is 1. The maximum atomic E-state index is 13.1. The van der Waals surface area contributed by atoms with Crippen LogP contribution in [0.2, 0.25) is 0 Å². The van der Waals surface area contributed by atoms with Crippen molar-refractivity contribution in [2.75, 3.05) is 19.3 Å². The highest BCUT2D eigenvalue weighted by Crippen LogP contribution is 2.26. The van der Waals surface area contributed by atoms with Crippen LogP contribution in [-0.2, 0) is 0 Å². The van der Waals surface area contributed by atoms with Gasteiger partial charge in [-0.3, -0.25) is 9.59 Å². The van der Waals surface area contributed by atoms with Gasteiger partial charge in [0.1, 0.15) is 5.03 Å². The van der Waals surface area contributed by atoms with Crippen molar-refractivity contribution in [2.24, 2.45) is 5.92 Å². The normalized spacial score (nSPS) is 16.9. The van der Waals surface area contributed by atoms with Gasteiger partial charge in [0.05, 0.1) is 5.56 Å². The van der Waals surface area contributed by atoms with Crippen molar-refractivity contribution in [3.8, 4) is 0 Å². The van der Waals surface area contributed by atoms with Gasteiger partial charge in [-0.25, -0.2) is 4.98 Å². The van der Waals surface area contributed by atoms with E-state index in [1.54, 1.807) is 12.3 Å². The van der Waals surface area contributed by atoms with E-state index in [0.29, 0.717) is 18.7 Å². The molecular formula is C23H22N2O2S. The summed E-state index contributed by atoms with van der Waals surface area (Å²) in [5, 5.41) is 2.92. The first-order chi connectivity index (χ1) is 13.7. The highest BCUT2D eigenvalue weighted by molar-refractivity contribution is 7.98. The average Bonchev–Trinajstić information content (AvgIpc) is 2.77. The Kier molecular flexibility index (Phi) is 5.44. The van der Waals surface area contributed by atoms with Crippen molar-refractivity contribution >= 4 is 34.2 Å². The van der Waals surface area contributed by atoms with E-state index in [1.807, 2.05) is 59.7 Å². The van der Waals surface area contributed by atoms with E-state index in [4.69, 9.17) is 0 Å². The first kappa shape index (κ1) is 18.7. The molecule has 4 rings (SSSR count). The summed E-state index contributed by atoms with van der Waals surface area (Å²) in [6.45, 7) is 1.15. The standard InChI is InChI=1S/C23H22N2O2S/c1-28-22-20(9-4-12-24-22)23(27)25-13-5-8-19(15-25)21(26)18-11-10-16-6-2-3-7-17(16)14-18/h2-4,6-7,9-12,14,19H,5,8,13,15H2,1H3/t19-/m0/s1. The van der Waals surface area contributed by atoms with E-state index < -0.39 is 0 Å². The zero-order valence-corrected chi connectivity index (χ0v) is 16.6. The Labute approximate surface area is 169 Å². The summed E-state index contributed by atoms with van der Waals surface area (Å²) < 4.78 is 0. The number of pyridine rings is 1. The minimum atomic E-state index is -0.159. The van der Waals surface area contributed by atoms with Gasteiger partial charge < -0.3 is 4.90 Å². The van der Waals surface area contributed by atoms with Crippen LogP contribution in [0.4, 0.5) is 0 Å². The summed E-state index contributed by atoms with van der Waals surface area (Å²) in [6.07, 6.45) is 5.27. The molecule has 0 bridgehead atoms. The number of piperidine rings is 1. The number of hydrogen-bond acceptors (Lipinski definition) is 4. The number of fused-ring (bicyclic) bond motifs is 1. The van der Waals surface area contributed by atoms with Crippen LogP contribution >= 0.6 is 11.8 Å². The van der Waals surface area contributed by atoms with Crippen molar-refractivity contribution in [1.82, 2.24) is 9.88 Å². The van der Waals surface area contributed by atoms with E-state index in [-0.39, 0.29) is 17.6 Å². The molecule has 2 heterocycles. The van der Waals surface area contributed by atoms with Crippen molar-refractivity contribution < 1.29 is 9.59 Å². The van der Waals surface area contributed by atoms with Crippen LogP contribution in [0.3, 0.4) is 0 Å². The lowest BCUT2D eigenvalue weighted by Crippen LogP contribution is -2.42. The lowest BCUT2D eigenvalue weighted by molar-refractivity contribution is 0.0633. The number of likely N-dealkylation sites (tertiary alicyclic amines) is 1. The predicted octanol–water partition coefficient (Wildman–Crippen LogP) is 4.69. The summed E-state index contributed by atoms with van der Waals surface area (Å²) in [5.74, 6) is -0.0683. The number of nitrogens with zero attached hydrogens (tertiary/aromatic N) is 2. The lowest BCUT2D eigenvalue weighted by Gasteiger charge is -2.32. The van der Waals surface area contributed by atoms with Gasteiger partial charge in [-0.05, 0) is 48.1 Å². The Balaban J connectivity index is 1.54. The summed E-state index contributed by atoms with van der Waals surface area (Å²) in [4.78, 5) is 32.2. The Hall–Kier alpha value is -2.66. The molecule has 1 amide bonds. The van der Waals surface area contributed by atoms with Crippen LogP contribution in [-0.4, -0.2) is 40.9 Å². The summed E-state index contributed by atoms with van der Waals surface area (Å²) in [7, 11) is 0. The Morgan fingerprint density at radius 2 is 1.89 bits per heavy atom. The molecule has 4 nitrogen and oxygen atoms in total. The highest BCUT2D eigenvalue weighted by Gasteiger charge is 2.30. The number of thioether (sulfide) groups is 1. The molecule has 28 heavy (non-hydrogen) atoms. The molecule has 0 N–H and O–H groups in total. The molecule has 1 aliphatic heterocycles. The molecule has 1 aliphatic rings. The van der Waals surface area contributed by atoms with Gasteiger partial charge in [-0.2, -0.15) is 0 Å². The topological polar surface area (TPSA) is 50.3 Å². The first-order valence-electron chi connectivity index (χ1n) is 9.48. The minimum absolute atomic E-state index is 0.0338. The van der Waals surface area contributed by atoms with Crippen LogP contribution < -0.4 is 0 Å². The fourth-order valence-electron chi connectivity index (χ4n) is 3.84. The van der Waals surface area contributed by atoms with Gasteiger partial charge in [0.2, 0.25) is 0 Å². The number of rotatable bonds is 4. The Morgan fingerprint density at radius 3 is 2.71 bits per heavy atom. The third kappa shape index (κ3) is 3.67. The molecule has 0 radical (unpaired) electrons. The molecule has 1 fully saturated rings. The fourth-order valence-corrected chi connectivity index (χ4v) is 4.38. The molecule has 3 aromatic rings. The molecule has 0 saturated carbocycles. The van der Waals surface area contributed by atoms with Crippen molar-refractivity contribution in [2.45, 2.75) is 17.9 Å². The van der Waals surface area contributed by atoms with Gasteiger partial charge in [0, 0.05) is 30.8 Å². The third-order valence-electron chi connectivity index (χ3n) is 5.31. The van der Waals surface area contributed by atoms with E-state index >= 15 is 0 Å². The quantitative estimate of drug-likeness (QED) is 0.479. The second kappa shape index (κ2) is 8.15. The van der Waals surface area contributed by atoms with Gasteiger partial charge >= 0.3 is 0 Å². The van der Waals surface area contributed by atoms with Crippen molar-refractivity contribution in [3.63, 3.8) is 0 Å². The lowest BCUT2D eigenvalue weighted by atomic mass is 9.89. The number of carbonyl (C=O) groups is 2. The Bertz CT molecular complexity index is 1030. The number of benzene rings is 2. The molecule has 142 valence electrons. The van der Waals surface area contributed by atoms with Gasteiger partial charge in [0.15, 0.2) is 5.78 Å². The molecular weight excluding hydrogens is 368 g/mol. The molecule has 1 saturated heterocycles. The molecule has 0 spiro atoms. The zero-order chi connectivity index (χ0) is 19.5. The number of carbonyl (C=O) groups excluding carboxylic acids is 2. The van der Waals surface area contributed by atoms with Gasteiger partial charge in [-0.1, -0.05) is 36.4 Å². The monoisotopic (exact) mass is 390 g/mol.